The van der Waals surface area contributed by atoms with Crippen LogP contribution < -0.4 is 26.6 Å². The van der Waals surface area contributed by atoms with Crippen molar-refractivity contribution in [1.29, 1.82) is 0 Å². The summed E-state index contributed by atoms with van der Waals surface area (Å²) in [6.45, 7) is 3.82. The summed E-state index contributed by atoms with van der Waals surface area (Å²) < 4.78 is 19.9. The van der Waals surface area contributed by atoms with Gasteiger partial charge in [-0.05, 0) is 48.5 Å². The van der Waals surface area contributed by atoms with Crippen LogP contribution in [0.2, 0.25) is 0 Å². The monoisotopic (exact) mass is 583 g/mol. The van der Waals surface area contributed by atoms with Crippen LogP contribution in [0.1, 0.15) is 12.5 Å². The molecule has 220 valence electrons. The molecule has 0 atom stereocenters. The van der Waals surface area contributed by atoms with E-state index < -0.39 is 11.8 Å². The lowest BCUT2D eigenvalue weighted by Gasteiger charge is -2.28. The number of aromatic nitrogens is 3. The number of anilines is 4. The number of benzene rings is 2. The van der Waals surface area contributed by atoms with Gasteiger partial charge >= 0.3 is 6.03 Å². The highest BCUT2D eigenvalue weighted by atomic mass is 19.1. The number of carbonyl (C=O) groups excluding carboxylic acids is 2. The molecule has 1 saturated heterocycles. The van der Waals surface area contributed by atoms with Gasteiger partial charge in [0.1, 0.15) is 11.3 Å². The molecule has 13 heteroatoms. The van der Waals surface area contributed by atoms with E-state index in [4.69, 9.17) is 20.4 Å². The Bertz CT molecular complexity index is 1720. The van der Waals surface area contributed by atoms with Crippen LogP contribution in [-0.4, -0.2) is 66.5 Å². The predicted octanol–water partition coefficient (Wildman–Crippen LogP) is 4.27. The molecule has 0 unspecified atom stereocenters. The zero-order valence-electron chi connectivity index (χ0n) is 23.6. The third-order valence-corrected chi connectivity index (χ3v) is 6.55. The van der Waals surface area contributed by atoms with E-state index >= 15 is 0 Å². The van der Waals surface area contributed by atoms with Gasteiger partial charge in [0.15, 0.2) is 11.6 Å². The number of allylic oxidation sites excluding steroid dienone is 1. The van der Waals surface area contributed by atoms with E-state index in [1.54, 1.807) is 43.7 Å². The van der Waals surface area contributed by atoms with Gasteiger partial charge in [-0.15, -0.1) is 0 Å². The molecule has 0 bridgehead atoms. The summed E-state index contributed by atoms with van der Waals surface area (Å²) in [5, 5.41) is 7.64. The fourth-order valence-electron chi connectivity index (χ4n) is 4.52. The topological polar surface area (TPSA) is 160 Å². The summed E-state index contributed by atoms with van der Waals surface area (Å²) in [5.74, 6) is 0.169. The van der Waals surface area contributed by atoms with E-state index in [9.17, 15) is 14.0 Å². The molecular formula is C30H30FN9O3. The lowest BCUT2D eigenvalue weighted by molar-refractivity contribution is -0.114. The Morgan fingerprint density at radius 2 is 1.77 bits per heavy atom. The molecule has 3 heterocycles. The van der Waals surface area contributed by atoms with Gasteiger partial charge in [-0.1, -0.05) is 0 Å². The zero-order chi connectivity index (χ0) is 30.3. The Balaban J connectivity index is 1.39. The van der Waals surface area contributed by atoms with Crippen molar-refractivity contribution in [2.45, 2.75) is 6.92 Å². The maximum absolute atomic E-state index is 14.4. The maximum atomic E-state index is 14.4. The average Bonchev–Trinajstić information content (AvgIpc) is 3.01. The largest absolute Gasteiger partial charge is 0.404 e. The molecule has 43 heavy (non-hydrogen) atoms. The predicted molar refractivity (Wildman–Crippen MR) is 166 cm³/mol. The third kappa shape index (κ3) is 6.90. The van der Waals surface area contributed by atoms with Crippen molar-refractivity contribution in [2.75, 3.05) is 54.2 Å². The number of fused-ring (bicyclic) bond motifs is 1. The number of rotatable bonds is 7. The fourth-order valence-corrected chi connectivity index (χ4v) is 4.52. The number of pyridine rings is 1. The van der Waals surface area contributed by atoms with Gasteiger partial charge in [0, 0.05) is 73.7 Å². The lowest BCUT2D eigenvalue weighted by Crippen LogP contribution is -2.37. The second-order valence-electron chi connectivity index (χ2n) is 9.60. The number of amides is 3. The first-order valence-electron chi connectivity index (χ1n) is 13.4. The van der Waals surface area contributed by atoms with Crippen LogP contribution in [0.4, 0.5) is 32.1 Å². The molecule has 5 rings (SSSR count). The summed E-state index contributed by atoms with van der Waals surface area (Å²) in [7, 11) is 1.67. The normalized spacial score (nSPS) is 13.7. The summed E-state index contributed by atoms with van der Waals surface area (Å²) in [4.78, 5) is 44.3. The molecule has 1 fully saturated rings. The maximum Gasteiger partial charge on any atom is 0.323 e. The molecule has 0 saturated carbocycles. The van der Waals surface area contributed by atoms with Crippen LogP contribution in [0.25, 0.3) is 28.0 Å². The fraction of sp³-hybridized carbons (Fsp3) is 0.200. The first-order chi connectivity index (χ1) is 20.8. The number of nitrogens with zero attached hydrogens (tertiary/aromatic N) is 5. The van der Waals surface area contributed by atoms with Crippen molar-refractivity contribution in [3.05, 3.63) is 72.3 Å². The molecule has 2 aromatic heterocycles. The summed E-state index contributed by atoms with van der Waals surface area (Å²) in [6, 6.07) is 12.2. The van der Waals surface area contributed by atoms with Crippen molar-refractivity contribution in [2.24, 2.45) is 10.7 Å². The Kier molecular flexibility index (Phi) is 8.82. The van der Waals surface area contributed by atoms with Crippen LogP contribution in [0.15, 0.2) is 65.9 Å². The molecular weight excluding hydrogens is 553 g/mol. The highest BCUT2D eigenvalue weighted by Gasteiger charge is 2.20. The molecule has 3 amide bonds. The smallest absolute Gasteiger partial charge is 0.323 e. The summed E-state index contributed by atoms with van der Waals surface area (Å²) >= 11 is 0. The number of nitrogens with two attached hydrogens (primary N) is 1. The first kappa shape index (κ1) is 29.1. The van der Waals surface area contributed by atoms with E-state index in [-0.39, 0.29) is 17.3 Å². The quantitative estimate of drug-likeness (QED) is 0.235. The second kappa shape index (κ2) is 13.0. The van der Waals surface area contributed by atoms with E-state index in [1.165, 1.54) is 25.3 Å². The van der Waals surface area contributed by atoms with Crippen molar-refractivity contribution >= 4 is 57.6 Å². The molecule has 12 nitrogen and oxygen atoms in total. The molecule has 1 aliphatic heterocycles. The average molecular weight is 584 g/mol. The van der Waals surface area contributed by atoms with Gasteiger partial charge in [0.2, 0.25) is 5.91 Å². The highest BCUT2D eigenvalue weighted by molar-refractivity contribution is 6.10. The minimum atomic E-state index is -0.685. The zero-order valence-corrected chi connectivity index (χ0v) is 23.6. The van der Waals surface area contributed by atoms with Crippen molar-refractivity contribution in [3.63, 3.8) is 0 Å². The number of nitrogens with one attached hydrogen (secondary N) is 3. The van der Waals surface area contributed by atoms with Gasteiger partial charge < -0.3 is 31.3 Å². The van der Waals surface area contributed by atoms with Crippen molar-refractivity contribution < 1.29 is 18.7 Å². The van der Waals surface area contributed by atoms with E-state index in [0.717, 1.165) is 17.2 Å². The Morgan fingerprint density at radius 3 is 2.44 bits per heavy atom. The number of carbonyl (C=O) groups is 2. The van der Waals surface area contributed by atoms with E-state index in [1.807, 2.05) is 6.07 Å². The van der Waals surface area contributed by atoms with E-state index in [0.29, 0.717) is 60.2 Å². The Hall–Kier alpha value is -5.43. The van der Waals surface area contributed by atoms with Crippen LogP contribution in [0.3, 0.4) is 0 Å². The van der Waals surface area contributed by atoms with Gasteiger partial charge in [-0.2, -0.15) is 0 Å². The molecule has 5 N–H and O–H groups in total. The van der Waals surface area contributed by atoms with Gasteiger partial charge in [-0.3, -0.25) is 14.8 Å². The molecule has 2 aromatic carbocycles. The first-order valence-corrected chi connectivity index (χ1v) is 13.4. The number of morpholine rings is 1. The number of ether oxygens (including phenoxy) is 1. The molecule has 4 aromatic rings. The second-order valence-corrected chi connectivity index (χ2v) is 9.60. The van der Waals surface area contributed by atoms with E-state index in [2.05, 4.69) is 30.8 Å². The number of hydrogen-bond donors (Lipinski definition) is 4. The molecule has 0 radical (unpaired) electrons. The van der Waals surface area contributed by atoms with Crippen LogP contribution in [0, 0.1) is 5.82 Å². The summed E-state index contributed by atoms with van der Waals surface area (Å²) in [6.07, 6.45) is 4.85. The molecule has 0 spiro atoms. The Labute approximate surface area is 246 Å². The highest BCUT2D eigenvalue weighted by Crippen LogP contribution is 2.29. The Morgan fingerprint density at radius 1 is 1.02 bits per heavy atom. The minimum absolute atomic E-state index is 0.0331. The van der Waals surface area contributed by atoms with Crippen molar-refractivity contribution in [3.8, 4) is 11.4 Å². The third-order valence-electron chi connectivity index (χ3n) is 6.55. The van der Waals surface area contributed by atoms with Gasteiger partial charge in [-0.25, -0.2) is 19.2 Å². The number of halogens is 1. The van der Waals surface area contributed by atoms with Gasteiger partial charge in [0.05, 0.1) is 24.4 Å². The standard InChI is InChI=1S/C30H30FN9O3/c1-18(41)35-23-7-8-25(24(31)14-23)38-30(42)36-22-5-3-19(4-6-22)28-37-26-13-20(21(15-32)16-33-2)17-34-27(26)29(39-28)40-9-11-43-12-10-40/h3-8,13-17H,9-12,32H2,1-2H3,(H,35,41)(H2,36,38,42). The van der Waals surface area contributed by atoms with Crippen LogP contribution in [-0.2, 0) is 9.53 Å². The minimum Gasteiger partial charge on any atom is -0.404 e. The SMILES string of the molecule is CN=CC(=CN)c1cnc2c(N3CCOCC3)nc(-c3ccc(NC(=O)Nc4ccc(NC(C)=O)cc4F)cc3)nc2c1. The van der Waals surface area contributed by atoms with Crippen molar-refractivity contribution in [1.82, 2.24) is 15.0 Å². The molecule has 1 aliphatic rings. The van der Waals surface area contributed by atoms with Crippen LogP contribution >= 0.6 is 0 Å². The lowest BCUT2D eigenvalue weighted by atomic mass is 10.1. The molecule has 0 aliphatic carbocycles. The summed E-state index contributed by atoms with van der Waals surface area (Å²) in [5.41, 5.74) is 10.1. The van der Waals surface area contributed by atoms with Gasteiger partial charge in [0.25, 0.3) is 0 Å². The number of aliphatic imine (C=N–C) groups is 1. The number of urea groups is 1. The number of hydrogen-bond acceptors (Lipinski definition) is 9. The van der Waals surface area contributed by atoms with Crippen LogP contribution in [0.5, 0.6) is 0 Å².